The van der Waals surface area contributed by atoms with Crippen LogP contribution in [-0.2, 0) is 13.1 Å². The van der Waals surface area contributed by atoms with E-state index in [1.165, 1.54) is 11.1 Å². The van der Waals surface area contributed by atoms with Gasteiger partial charge >= 0.3 is 0 Å². The first-order valence-electron chi connectivity index (χ1n) is 8.34. The first-order valence-corrected chi connectivity index (χ1v) is 8.34. The van der Waals surface area contributed by atoms with E-state index < -0.39 is 5.82 Å². The number of hydrogen-bond acceptors (Lipinski definition) is 4. The third-order valence-electron chi connectivity index (χ3n) is 4.36. The average molecular weight is 350 g/mol. The molecule has 3 rings (SSSR count). The number of benzene rings is 2. The van der Waals surface area contributed by atoms with Crippen molar-refractivity contribution in [2.75, 3.05) is 5.32 Å². The molecule has 6 heteroatoms. The van der Waals surface area contributed by atoms with Crippen molar-refractivity contribution >= 4 is 11.6 Å². The molecule has 2 aromatic carbocycles. The Morgan fingerprint density at radius 2 is 2.12 bits per heavy atom. The number of rotatable bonds is 6. The molecule has 5 nitrogen and oxygen atoms in total. The normalized spacial score (nSPS) is 12.5. The lowest BCUT2D eigenvalue weighted by atomic mass is 10.1. The lowest BCUT2D eigenvalue weighted by Crippen LogP contribution is -2.37. The standard InChI is InChI=1S/C20H19FN4O/c1-3-13(2)24-25-12-17-16(20(25)26)8-5-9-18(17)23-11-15-7-4-6-14(10-22)19(15)21/h4-9,23-24H,2-3,11-12H2,1H3. The summed E-state index contributed by atoms with van der Waals surface area (Å²) in [4.78, 5) is 12.5. The number of nitrogens with zero attached hydrogens (tertiary/aromatic N) is 2. The first kappa shape index (κ1) is 17.5. The molecule has 2 aromatic rings. The summed E-state index contributed by atoms with van der Waals surface area (Å²) in [5.41, 5.74) is 6.43. The third-order valence-corrected chi connectivity index (χ3v) is 4.36. The Labute approximate surface area is 151 Å². The van der Waals surface area contributed by atoms with Crippen molar-refractivity contribution in [3.63, 3.8) is 0 Å². The molecule has 1 heterocycles. The van der Waals surface area contributed by atoms with Crippen molar-refractivity contribution in [2.24, 2.45) is 0 Å². The van der Waals surface area contributed by atoms with Crippen LogP contribution < -0.4 is 10.7 Å². The number of amides is 1. The average Bonchev–Trinajstić information content (AvgIpc) is 2.97. The molecule has 0 aromatic heterocycles. The van der Waals surface area contributed by atoms with Gasteiger partial charge < -0.3 is 10.7 Å². The smallest absolute Gasteiger partial charge is 0.272 e. The molecule has 0 aliphatic carbocycles. The van der Waals surface area contributed by atoms with Gasteiger partial charge in [0.1, 0.15) is 11.9 Å². The van der Waals surface area contributed by atoms with Crippen molar-refractivity contribution in [3.05, 3.63) is 76.7 Å². The van der Waals surface area contributed by atoms with Crippen molar-refractivity contribution in [1.82, 2.24) is 10.4 Å². The van der Waals surface area contributed by atoms with Crippen LogP contribution in [0.15, 0.2) is 48.7 Å². The lowest BCUT2D eigenvalue weighted by molar-refractivity contribution is 0.0710. The number of hydrazine groups is 1. The van der Waals surface area contributed by atoms with Crippen LogP contribution in [0.5, 0.6) is 0 Å². The van der Waals surface area contributed by atoms with Gasteiger partial charge in [-0.15, -0.1) is 0 Å². The van der Waals surface area contributed by atoms with Crippen molar-refractivity contribution in [2.45, 2.75) is 26.4 Å². The van der Waals surface area contributed by atoms with Gasteiger partial charge in [0.05, 0.1) is 12.1 Å². The molecule has 1 amide bonds. The summed E-state index contributed by atoms with van der Waals surface area (Å²) in [7, 11) is 0. The number of allylic oxidation sites excluding steroid dienone is 1. The highest BCUT2D eigenvalue weighted by Crippen LogP contribution is 2.29. The Hall–Kier alpha value is -3.33. The zero-order valence-corrected chi connectivity index (χ0v) is 14.5. The largest absolute Gasteiger partial charge is 0.381 e. The Morgan fingerprint density at radius 1 is 1.35 bits per heavy atom. The molecule has 0 atom stereocenters. The number of anilines is 1. The number of halogens is 1. The fraction of sp³-hybridized carbons (Fsp3) is 0.200. The van der Waals surface area contributed by atoms with E-state index in [0.717, 1.165) is 23.4 Å². The summed E-state index contributed by atoms with van der Waals surface area (Å²) >= 11 is 0. The molecule has 0 radical (unpaired) electrons. The molecule has 132 valence electrons. The lowest BCUT2D eigenvalue weighted by Gasteiger charge is -2.19. The van der Waals surface area contributed by atoms with E-state index in [2.05, 4.69) is 17.3 Å². The van der Waals surface area contributed by atoms with Crippen LogP contribution in [0.1, 0.15) is 40.4 Å². The van der Waals surface area contributed by atoms with Gasteiger partial charge in [0.2, 0.25) is 0 Å². The van der Waals surface area contributed by atoms with Gasteiger partial charge in [0.25, 0.3) is 5.91 Å². The van der Waals surface area contributed by atoms with Gasteiger partial charge in [-0.2, -0.15) is 5.26 Å². The molecule has 2 N–H and O–H groups in total. The number of nitriles is 1. The summed E-state index contributed by atoms with van der Waals surface area (Å²) < 4.78 is 14.2. The maximum absolute atomic E-state index is 14.2. The fourth-order valence-corrected chi connectivity index (χ4v) is 2.85. The summed E-state index contributed by atoms with van der Waals surface area (Å²) in [5, 5.41) is 13.6. The SMILES string of the molecule is C=C(CC)NN1Cc2c(NCc3cccc(C#N)c3F)cccc2C1=O. The minimum absolute atomic E-state index is 0.0196. The van der Waals surface area contributed by atoms with Crippen LogP contribution in [0.25, 0.3) is 0 Å². The van der Waals surface area contributed by atoms with Gasteiger partial charge in [0.15, 0.2) is 0 Å². The van der Waals surface area contributed by atoms with Crippen molar-refractivity contribution in [3.8, 4) is 6.07 Å². The summed E-state index contributed by atoms with van der Waals surface area (Å²) in [6, 6.07) is 12.0. The quantitative estimate of drug-likeness (QED) is 0.834. The summed E-state index contributed by atoms with van der Waals surface area (Å²) in [6.45, 7) is 6.45. The molecule has 1 aliphatic rings. The second-order valence-corrected chi connectivity index (χ2v) is 6.04. The highest BCUT2D eigenvalue weighted by atomic mass is 19.1. The van der Waals surface area contributed by atoms with Gasteiger partial charge in [-0.25, -0.2) is 9.40 Å². The Bertz CT molecular complexity index is 917. The minimum atomic E-state index is -0.520. The van der Waals surface area contributed by atoms with Crippen LogP contribution in [0, 0.1) is 17.1 Å². The van der Waals surface area contributed by atoms with E-state index in [1.54, 1.807) is 24.3 Å². The second-order valence-electron chi connectivity index (χ2n) is 6.04. The van der Waals surface area contributed by atoms with Gasteiger partial charge in [0, 0.05) is 34.6 Å². The number of nitrogens with one attached hydrogen (secondary N) is 2. The van der Waals surface area contributed by atoms with Crippen molar-refractivity contribution < 1.29 is 9.18 Å². The fourth-order valence-electron chi connectivity index (χ4n) is 2.85. The predicted octanol–water partition coefficient (Wildman–Crippen LogP) is 3.69. The van der Waals surface area contributed by atoms with Crippen LogP contribution >= 0.6 is 0 Å². The van der Waals surface area contributed by atoms with E-state index in [0.29, 0.717) is 17.7 Å². The van der Waals surface area contributed by atoms with Crippen LogP contribution in [0.3, 0.4) is 0 Å². The van der Waals surface area contributed by atoms with E-state index in [-0.39, 0.29) is 18.0 Å². The number of fused-ring (bicyclic) bond motifs is 1. The predicted molar refractivity (Wildman–Crippen MR) is 97.3 cm³/mol. The molecule has 1 aliphatic heterocycles. The Morgan fingerprint density at radius 3 is 2.85 bits per heavy atom. The molecule has 0 saturated heterocycles. The highest BCUT2D eigenvalue weighted by Gasteiger charge is 2.29. The summed E-state index contributed by atoms with van der Waals surface area (Å²) in [5.74, 6) is -0.635. The van der Waals surface area contributed by atoms with E-state index in [1.807, 2.05) is 19.1 Å². The first-order chi connectivity index (χ1) is 12.5. The molecule has 0 saturated carbocycles. The molecule has 0 fully saturated rings. The minimum Gasteiger partial charge on any atom is -0.381 e. The second kappa shape index (κ2) is 7.28. The zero-order valence-electron chi connectivity index (χ0n) is 14.5. The Balaban J connectivity index is 1.80. The third kappa shape index (κ3) is 3.24. The molecule has 0 unspecified atom stereocenters. The molecule has 0 spiro atoms. The van der Waals surface area contributed by atoms with Gasteiger partial charge in [-0.3, -0.25) is 4.79 Å². The Kier molecular flexibility index (Phi) is 4.90. The monoisotopic (exact) mass is 350 g/mol. The number of hydrogen-bond donors (Lipinski definition) is 2. The van der Waals surface area contributed by atoms with E-state index in [9.17, 15) is 9.18 Å². The highest BCUT2D eigenvalue weighted by molar-refractivity contribution is 5.99. The molecule has 0 bridgehead atoms. The van der Waals surface area contributed by atoms with E-state index in [4.69, 9.17) is 5.26 Å². The topological polar surface area (TPSA) is 68.2 Å². The molecular weight excluding hydrogens is 331 g/mol. The zero-order chi connectivity index (χ0) is 18.7. The number of carbonyl (C=O) groups excluding carboxylic acids is 1. The van der Waals surface area contributed by atoms with Crippen LogP contribution in [0.4, 0.5) is 10.1 Å². The maximum Gasteiger partial charge on any atom is 0.272 e. The molecular formula is C20H19FN4O. The maximum atomic E-state index is 14.2. The van der Waals surface area contributed by atoms with E-state index >= 15 is 0 Å². The van der Waals surface area contributed by atoms with Crippen LogP contribution in [0.2, 0.25) is 0 Å². The van der Waals surface area contributed by atoms with Crippen LogP contribution in [-0.4, -0.2) is 10.9 Å². The van der Waals surface area contributed by atoms with Crippen molar-refractivity contribution in [1.29, 1.82) is 5.26 Å². The number of carbonyl (C=O) groups is 1. The van der Waals surface area contributed by atoms with Gasteiger partial charge in [-0.05, 0) is 24.6 Å². The summed E-state index contributed by atoms with van der Waals surface area (Å²) in [6.07, 6.45) is 0.722. The molecule has 26 heavy (non-hydrogen) atoms. The van der Waals surface area contributed by atoms with Gasteiger partial charge in [-0.1, -0.05) is 31.7 Å².